The third-order valence-corrected chi connectivity index (χ3v) is 2.60. The Hall–Kier alpha value is -1.38. The lowest BCUT2D eigenvalue weighted by Crippen LogP contribution is -1.95. The van der Waals surface area contributed by atoms with Crippen molar-refractivity contribution in [3.8, 4) is 0 Å². The van der Waals surface area contributed by atoms with Gasteiger partial charge in [0, 0.05) is 16.6 Å². The molecule has 2 nitrogen and oxygen atoms in total. The Kier molecular flexibility index (Phi) is 3.54. The highest BCUT2D eigenvalue weighted by atomic mass is 35.5. The average Bonchev–Trinajstić information content (AvgIpc) is 2.29. The van der Waals surface area contributed by atoms with Gasteiger partial charge < -0.3 is 5.73 Å². The van der Waals surface area contributed by atoms with Crippen molar-refractivity contribution in [2.24, 2.45) is 5.73 Å². The first-order valence-electron chi connectivity index (χ1n) is 5.22. The molecule has 16 heavy (non-hydrogen) atoms. The number of hydrogen-bond acceptors (Lipinski definition) is 2. The summed E-state index contributed by atoms with van der Waals surface area (Å²) in [7, 11) is 0. The van der Waals surface area contributed by atoms with Crippen LogP contribution in [0.3, 0.4) is 0 Å². The van der Waals surface area contributed by atoms with E-state index in [9.17, 15) is 0 Å². The zero-order valence-corrected chi connectivity index (χ0v) is 9.61. The Morgan fingerprint density at radius 1 is 1.31 bits per heavy atom. The van der Waals surface area contributed by atoms with Crippen molar-refractivity contribution in [3.05, 3.63) is 47.1 Å². The van der Waals surface area contributed by atoms with Gasteiger partial charge in [0.1, 0.15) is 0 Å². The molecule has 0 spiro atoms. The van der Waals surface area contributed by atoms with E-state index in [1.807, 2.05) is 24.3 Å². The van der Waals surface area contributed by atoms with Crippen LogP contribution in [0, 0.1) is 0 Å². The van der Waals surface area contributed by atoms with E-state index in [2.05, 4.69) is 17.1 Å². The molecule has 0 amide bonds. The summed E-state index contributed by atoms with van der Waals surface area (Å²) in [6.07, 6.45) is 6.83. The topological polar surface area (TPSA) is 38.9 Å². The lowest BCUT2D eigenvalue weighted by Gasteiger charge is -2.01. The van der Waals surface area contributed by atoms with E-state index in [1.54, 1.807) is 6.20 Å². The van der Waals surface area contributed by atoms with Crippen LogP contribution in [0.25, 0.3) is 17.0 Å². The van der Waals surface area contributed by atoms with Gasteiger partial charge in [-0.2, -0.15) is 0 Å². The number of rotatable bonds is 3. The van der Waals surface area contributed by atoms with Crippen molar-refractivity contribution in [1.29, 1.82) is 0 Å². The van der Waals surface area contributed by atoms with Gasteiger partial charge in [0.2, 0.25) is 0 Å². The summed E-state index contributed by atoms with van der Waals surface area (Å²) in [5, 5.41) is 1.82. The summed E-state index contributed by atoms with van der Waals surface area (Å²) in [5.41, 5.74) is 7.51. The molecule has 1 aromatic heterocycles. The van der Waals surface area contributed by atoms with Gasteiger partial charge in [0.05, 0.1) is 5.52 Å². The van der Waals surface area contributed by atoms with Crippen LogP contribution in [0.5, 0.6) is 0 Å². The van der Waals surface area contributed by atoms with E-state index in [1.165, 1.54) is 0 Å². The molecular formula is C13H13ClN2. The van der Waals surface area contributed by atoms with Crippen LogP contribution in [-0.4, -0.2) is 11.5 Å². The zero-order chi connectivity index (χ0) is 11.4. The molecule has 0 saturated carbocycles. The van der Waals surface area contributed by atoms with Crippen molar-refractivity contribution in [3.63, 3.8) is 0 Å². The fourth-order valence-electron chi connectivity index (χ4n) is 1.60. The molecule has 1 heterocycles. The van der Waals surface area contributed by atoms with E-state index in [4.69, 9.17) is 17.3 Å². The summed E-state index contributed by atoms with van der Waals surface area (Å²) in [6.45, 7) is 0.672. The summed E-state index contributed by atoms with van der Waals surface area (Å²) < 4.78 is 0. The Morgan fingerprint density at radius 2 is 2.19 bits per heavy atom. The van der Waals surface area contributed by atoms with Gasteiger partial charge in [-0.1, -0.05) is 29.8 Å². The molecule has 2 aromatic rings. The highest BCUT2D eigenvalue weighted by Crippen LogP contribution is 2.21. The summed E-state index contributed by atoms with van der Waals surface area (Å²) in [4.78, 5) is 4.29. The Bertz CT molecular complexity index is 520. The molecule has 0 radical (unpaired) electrons. The third-order valence-electron chi connectivity index (χ3n) is 2.37. The van der Waals surface area contributed by atoms with Crippen LogP contribution in [0.1, 0.15) is 12.0 Å². The minimum Gasteiger partial charge on any atom is -0.330 e. The van der Waals surface area contributed by atoms with E-state index >= 15 is 0 Å². The second kappa shape index (κ2) is 5.10. The molecule has 2 N–H and O–H groups in total. The Morgan fingerprint density at radius 3 is 3.00 bits per heavy atom. The van der Waals surface area contributed by atoms with Crippen LogP contribution in [0.15, 0.2) is 36.5 Å². The van der Waals surface area contributed by atoms with Gasteiger partial charge in [-0.05, 0) is 36.7 Å². The number of benzene rings is 1. The van der Waals surface area contributed by atoms with Gasteiger partial charge in [0.25, 0.3) is 0 Å². The molecule has 2 rings (SSSR count). The van der Waals surface area contributed by atoms with Crippen molar-refractivity contribution in [2.45, 2.75) is 6.42 Å². The fraction of sp³-hybridized carbons (Fsp3) is 0.154. The van der Waals surface area contributed by atoms with E-state index in [-0.39, 0.29) is 0 Å². The van der Waals surface area contributed by atoms with Crippen molar-refractivity contribution in [1.82, 2.24) is 4.98 Å². The van der Waals surface area contributed by atoms with E-state index in [0.29, 0.717) is 11.6 Å². The number of nitrogens with zero attached hydrogens (tertiary/aromatic N) is 1. The smallest absolute Gasteiger partial charge is 0.0722 e. The van der Waals surface area contributed by atoms with Gasteiger partial charge in [0.15, 0.2) is 0 Å². The first-order chi connectivity index (χ1) is 7.81. The second-order valence-corrected chi connectivity index (χ2v) is 3.98. The number of pyridine rings is 1. The van der Waals surface area contributed by atoms with Gasteiger partial charge in [-0.25, -0.2) is 0 Å². The van der Waals surface area contributed by atoms with Crippen LogP contribution >= 0.6 is 11.6 Å². The Balaban J connectivity index is 2.45. The van der Waals surface area contributed by atoms with E-state index in [0.717, 1.165) is 22.9 Å². The standard InChI is InChI=1S/C13H13ClN2/c14-11-4-5-12-10(3-1-2-7-15)6-8-16-13(12)9-11/h1,3-6,8-9H,2,7,15H2. The van der Waals surface area contributed by atoms with Gasteiger partial charge in [-0.3, -0.25) is 4.98 Å². The maximum Gasteiger partial charge on any atom is 0.0722 e. The predicted octanol–water partition coefficient (Wildman–Crippen LogP) is 3.25. The molecule has 3 heteroatoms. The van der Waals surface area contributed by atoms with Crippen molar-refractivity contribution < 1.29 is 0 Å². The number of fused-ring (bicyclic) bond motifs is 1. The molecule has 0 saturated heterocycles. The monoisotopic (exact) mass is 232 g/mol. The minimum absolute atomic E-state index is 0.672. The maximum atomic E-state index is 5.92. The molecular weight excluding hydrogens is 220 g/mol. The molecule has 82 valence electrons. The Labute approximate surface area is 99.7 Å². The number of nitrogens with two attached hydrogens (primary N) is 1. The quantitative estimate of drug-likeness (QED) is 0.882. The maximum absolute atomic E-state index is 5.92. The lowest BCUT2D eigenvalue weighted by atomic mass is 10.1. The first-order valence-corrected chi connectivity index (χ1v) is 5.60. The molecule has 0 aliphatic heterocycles. The largest absolute Gasteiger partial charge is 0.330 e. The molecule has 1 aromatic carbocycles. The third kappa shape index (κ3) is 2.40. The molecule has 0 fully saturated rings. The van der Waals surface area contributed by atoms with Crippen molar-refractivity contribution >= 4 is 28.6 Å². The van der Waals surface area contributed by atoms with E-state index < -0.39 is 0 Å². The van der Waals surface area contributed by atoms with Gasteiger partial charge in [-0.15, -0.1) is 0 Å². The highest BCUT2D eigenvalue weighted by molar-refractivity contribution is 6.31. The molecule has 0 unspecified atom stereocenters. The summed E-state index contributed by atoms with van der Waals surface area (Å²) in [5.74, 6) is 0. The minimum atomic E-state index is 0.672. The first kappa shape index (κ1) is 11.1. The predicted molar refractivity (Wildman–Crippen MR) is 69.5 cm³/mol. The molecule has 0 atom stereocenters. The summed E-state index contributed by atoms with van der Waals surface area (Å²) >= 11 is 5.92. The molecule has 0 aliphatic rings. The summed E-state index contributed by atoms with van der Waals surface area (Å²) in [6, 6.07) is 7.74. The van der Waals surface area contributed by atoms with Crippen LogP contribution in [0.4, 0.5) is 0 Å². The number of hydrogen-bond donors (Lipinski definition) is 1. The van der Waals surface area contributed by atoms with Crippen molar-refractivity contribution in [2.75, 3.05) is 6.54 Å². The molecule has 0 bridgehead atoms. The number of halogens is 1. The van der Waals surface area contributed by atoms with Crippen LogP contribution < -0.4 is 5.73 Å². The van der Waals surface area contributed by atoms with Crippen LogP contribution in [-0.2, 0) is 0 Å². The molecule has 0 aliphatic carbocycles. The fourth-order valence-corrected chi connectivity index (χ4v) is 1.76. The number of aromatic nitrogens is 1. The average molecular weight is 233 g/mol. The van der Waals surface area contributed by atoms with Gasteiger partial charge >= 0.3 is 0 Å². The SMILES string of the molecule is NCCC=Cc1ccnc2cc(Cl)ccc12. The second-order valence-electron chi connectivity index (χ2n) is 3.54. The zero-order valence-electron chi connectivity index (χ0n) is 8.86. The highest BCUT2D eigenvalue weighted by Gasteiger charge is 1.99. The van der Waals surface area contributed by atoms with Crippen LogP contribution in [0.2, 0.25) is 5.02 Å². The normalized spacial score (nSPS) is 11.4. The lowest BCUT2D eigenvalue weighted by molar-refractivity contribution is 1.01.